The van der Waals surface area contributed by atoms with Crippen LogP contribution >= 0.6 is 0 Å². The summed E-state index contributed by atoms with van der Waals surface area (Å²) in [5.74, 6) is 1.62. The molecule has 0 bridgehead atoms. The van der Waals surface area contributed by atoms with Gasteiger partial charge in [-0.1, -0.05) is 32.4 Å². The molecule has 0 N–H and O–H groups in total. The van der Waals surface area contributed by atoms with Crippen LogP contribution in [0.5, 0.6) is 5.75 Å². The molecule has 0 spiro atoms. The third-order valence-corrected chi connectivity index (χ3v) is 3.18. The number of hydrogen-bond donors (Lipinski definition) is 0. The molecule has 1 aromatic carbocycles. The topological polar surface area (TPSA) is 18.5 Å². The van der Waals surface area contributed by atoms with E-state index in [9.17, 15) is 0 Å². The normalized spacial score (nSPS) is 12.4. The molecule has 0 aliphatic rings. The summed E-state index contributed by atoms with van der Waals surface area (Å²) in [5.41, 5.74) is 1.43. The van der Waals surface area contributed by atoms with Crippen molar-refractivity contribution < 1.29 is 9.47 Å². The van der Waals surface area contributed by atoms with E-state index in [2.05, 4.69) is 38.1 Å². The van der Waals surface area contributed by atoms with Crippen LogP contribution in [0.1, 0.15) is 51.5 Å². The first-order valence-electron chi connectivity index (χ1n) is 7.12. The summed E-state index contributed by atoms with van der Waals surface area (Å²) in [6.45, 7) is 8.52. The van der Waals surface area contributed by atoms with Crippen molar-refractivity contribution in [3.05, 3.63) is 29.8 Å². The largest absolute Gasteiger partial charge is 0.491 e. The Labute approximate surface area is 111 Å². The van der Waals surface area contributed by atoms with Gasteiger partial charge < -0.3 is 9.47 Å². The van der Waals surface area contributed by atoms with Gasteiger partial charge in [0, 0.05) is 6.61 Å². The Bertz CT molecular complexity index is 305. The van der Waals surface area contributed by atoms with Crippen LogP contribution < -0.4 is 4.74 Å². The van der Waals surface area contributed by atoms with E-state index >= 15 is 0 Å². The molecule has 18 heavy (non-hydrogen) atoms. The van der Waals surface area contributed by atoms with Crippen molar-refractivity contribution >= 4 is 0 Å². The van der Waals surface area contributed by atoms with E-state index < -0.39 is 0 Å². The molecule has 1 rings (SSSR count). The lowest BCUT2D eigenvalue weighted by Gasteiger charge is -2.15. The minimum atomic E-state index is 0.624. The third-order valence-electron chi connectivity index (χ3n) is 3.18. The van der Waals surface area contributed by atoms with Crippen LogP contribution in [0.2, 0.25) is 0 Å². The first-order chi connectivity index (χ1) is 8.81. The van der Waals surface area contributed by atoms with Crippen LogP contribution in [0.3, 0.4) is 0 Å². The Kier molecular flexibility index (Phi) is 7.51. The molecule has 0 aliphatic heterocycles. The lowest BCUT2D eigenvalue weighted by atomic mass is 9.92. The summed E-state index contributed by atoms with van der Waals surface area (Å²) in [7, 11) is 0. The summed E-state index contributed by atoms with van der Waals surface area (Å²) < 4.78 is 10.9. The van der Waals surface area contributed by atoms with Gasteiger partial charge in [0.25, 0.3) is 0 Å². The van der Waals surface area contributed by atoms with Crippen LogP contribution in [-0.4, -0.2) is 19.8 Å². The molecule has 0 aromatic heterocycles. The number of benzene rings is 1. The first-order valence-corrected chi connectivity index (χ1v) is 7.12. The predicted octanol–water partition coefficient (Wildman–Crippen LogP) is 4.40. The molecule has 0 amide bonds. The zero-order valence-corrected chi connectivity index (χ0v) is 11.9. The van der Waals surface area contributed by atoms with Gasteiger partial charge in [-0.25, -0.2) is 0 Å². The molecule has 0 fully saturated rings. The number of rotatable bonds is 9. The summed E-state index contributed by atoms with van der Waals surface area (Å²) in [4.78, 5) is 0. The van der Waals surface area contributed by atoms with Crippen LogP contribution in [0, 0.1) is 0 Å². The number of ether oxygens (including phenoxy) is 2. The molecule has 1 aromatic rings. The average Bonchev–Trinajstić information content (AvgIpc) is 2.42. The van der Waals surface area contributed by atoms with Crippen LogP contribution in [0.4, 0.5) is 0 Å². The van der Waals surface area contributed by atoms with Gasteiger partial charge in [-0.3, -0.25) is 0 Å². The Hall–Kier alpha value is -1.02. The van der Waals surface area contributed by atoms with E-state index in [4.69, 9.17) is 9.47 Å². The minimum Gasteiger partial charge on any atom is -0.491 e. The van der Waals surface area contributed by atoms with Gasteiger partial charge in [0.05, 0.1) is 6.61 Å². The Morgan fingerprint density at radius 3 is 2.28 bits per heavy atom. The Morgan fingerprint density at radius 1 is 1.00 bits per heavy atom. The fraction of sp³-hybridized carbons (Fsp3) is 0.625. The zero-order chi connectivity index (χ0) is 13.2. The van der Waals surface area contributed by atoms with Crippen molar-refractivity contribution in [1.29, 1.82) is 0 Å². The highest BCUT2D eigenvalue weighted by Gasteiger charge is 2.07. The van der Waals surface area contributed by atoms with E-state index in [0.717, 1.165) is 12.4 Å². The van der Waals surface area contributed by atoms with Crippen molar-refractivity contribution in [3.63, 3.8) is 0 Å². The van der Waals surface area contributed by atoms with E-state index in [1.165, 1.54) is 24.8 Å². The molecular weight excluding hydrogens is 224 g/mol. The predicted molar refractivity (Wildman–Crippen MR) is 76.4 cm³/mol. The minimum absolute atomic E-state index is 0.624. The van der Waals surface area contributed by atoms with Crippen molar-refractivity contribution in [2.75, 3.05) is 19.8 Å². The fourth-order valence-electron chi connectivity index (χ4n) is 2.15. The summed E-state index contributed by atoms with van der Waals surface area (Å²) in [6.07, 6.45) is 3.71. The average molecular weight is 250 g/mol. The van der Waals surface area contributed by atoms with Gasteiger partial charge in [0.2, 0.25) is 0 Å². The lowest BCUT2D eigenvalue weighted by molar-refractivity contribution is 0.110. The molecular formula is C16H26O2. The highest BCUT2D eigenvalue weighted by Crippen LogP contribution is 2.26. The Balaban J connectivity index is 2.45. The smallest absolute Gasteiger partial charge is 0.119 e. The van der Waals surface area contributed by atoms with Crippen molar-refractivity contribution in [1.82, 2.24) is 0 Å². The van der Waals surface area contributed by atoms with Gasteiger partial charge in [-0.05, 0) is 43.4 Å². The maximum Gasteiger partial charge on any atom is 0.119 e. The van der Waals surface area contributed by atoms with E-state index in [1.54, 1.807) is 0 Å². The molecule has 0 heterocycles. The second-order valence-corrected chi connectivity index (χ2v) is 4.51. The Morgan fingerprint density at radius 2 is 1.72 bits per heavy atom. The second kappa shape index (κ2) is 8.98. The summed E-state index contributed by atoms with van der Waals surface area (Å²) in [6, 6.07) is 8.53. The SMILES string of the molecule is CCCC(CC)c1ccc(OCCOCC)cc1. The summed E-state index contributed by atoms with van der Waals surface area (Å²) >= 11 is 0. The molecule has 0 aliphatic carbocycles. The lowest BCUT2D eigenvalue weighted by Crippen LogP contribution is -2.06. The molecule has 2 heteroatoms. The molecule has 0 radical (unpaired) electrons. The standard InChI is InChI=1S/C16H26O2/c1-4-7-14(5-2)15-8-10-16(11-9-15)18-13-12-17-6-3/h8-11,14H,4-7,12-13H2,1-3H3. The van der Waals surface area contributed by atoms with Gasteiger partial charge >= 0.3 is 0 Å². The highest BCUT2D eigenvalue weighted by molar-refractivity contribution is 5.29. The third kappa shape index (κ3) is 5.09. The van der Waals surface area contributed by atoms with Crippen LogP contribution in [-0.2, 0) is 4.74 Å². The quantitative estimate of drug-likeness (QED) is 0.605. The molecule has 2 nitrogen and oxygen atoms in total. The number of hydrogen-bond acceptors (Lipinski definition) is 2. The molecule has 0 saturated heterocycles. The van der Waals surface area contributed by atoms with Gasteiger partial charge in [0.15, 0.2) is 0 Å². The monoisotopic (exact) mass is 250 g/mol. The van der Waals surface area contributed by atoms with Crippen LogP contribution in [0.15, 0.2) is 24.3 Å². The van der Waals surface area contributed by atoms with E-state index in [0.29, 0.717) is 19.1 Å². The van der Waals surface area contributed by atoms with Crippen molar-refractivity contribution in [2.45, 2.75) is 46.0 Å². The molecule has 1 atom stereocenters. The maximum absolute atomic E-state index is 5.61. The fourth-order valence-corrected chi connectivity index (χ4v) is 2.15. The highest BCUT2D eigenvalue weighted by atomic mass is 16.5. The molecule has 1 unspecified atom stereocenters. The van der Waals surface area contributed by atoms with Crippen molar-refractivity contribution in [3.8, 4) is 5.75 Å². The van der Waals surface area contributed by atoms with Gasteiger partial charge in [-0.2, -0.15) is 0 Å². The van der Waals surface area contributed by atoms with Crippen LogP contribution in [0.25, 0.3) is 0 Å². The van der Waals surface area contributed by atoms with E-state index in [1.807, 2.05) is 6.92 Å². The second-order valence-electron chi connectivity index (χ2n) is 4.51. The van der Waals surface area contributed by atoms with Crippen molar-refractivity contribution in [2.24, 2.45) is 0 Å². The molecule has 0 saturated carbocycles. The van der Waals surface area contributed by atoms with E-state index in [-0.39, 0.29) is 0 Å². The summed E-state index contributed by atoms with van der Waals surface area (Å²) in [5, 5.41) is 0. The maximum atomic E-state index is 5.61. The zero-order valence-electron chi connectivity index (χ0n) is 11.9. The van der Waals surface area contributed by atoms with Gasteiger partial charge in [0.1, 0.15) is 12.4 Å². The van der Waals surface area contributed by atoms with Gasteiger partial charge in [-0.15, -0.1) is 0 Å². The first kappa shape index (κ1) is 15.0. The molecule has 102 valence electrons.